The third-order valence-electron chi connectivity index (χ3n) is 2.65. The minimum absolute atomic E-state index is 0.580. The van der Waals surface area contributed by atoms with Gasteiger partial charge in [0.1, 0.15) is 6.10 Å². The second-order valence-electron chi connectivity index (χ2n) is 3.79. The Labute approximate surface area is 100 Å². The molecule has 2 aromatic rings. The van der Waals surface area contributed by atoms with E-state index in [1.807, 2.05) is 36.4 Å². The zero-order valence-corrected chi connectivity index (χ0v) is 9.78. The fourth-order valence-corrected chi connectivity index (χ4v) is 1.75. The van der Waals surface area contributed by atoms with Gasteiger partial charge in [0.25, 0.3) is 0 Å². The van der Waals surface area contributed by atoms with Gasteiger partial charge in [-0.2, -0.15) is 5.10 Å². The molecule has 1 unspecified atom stereocenters. The molecule has 90 valence electrons. The summed E-state index contributed by atoms with van der Waals surface area (Å²) in [5.74, 6) is 0. The van der Waals surface area contributed by atoms with Gasteiger partial charge < -0.3 is 9.84 Å². The van der Waals surface area contributed by atoms with Crippen LogP contribution in [0.15, 0.2) is 42.6 Å². The van der Waals surface area contributed by atoms with Gasteiger partial charge in [0.15, 0.2) is 0 Å². The summed E-state index contributed by atoms with van der Waals surface area (Å²) in [6.45, 7) is 1.22. The number of methoxy groups -OCH3 is 1. The first-order chi connectivity index (χ1) is 8.33. The number of aromatic nitrogens is 2. The van der Waals surface area contributed by atoms with Crippen LogP contribution in [-0.4, -0.2) is 28.6 Å². The van der Waals surface area contributed by atoms with Crippen molar-refractivity contribution in [3.63, 3.8) is 0 Å². The number of hydrogen-bond donors (Lipinski definition) is 1. The summed E-state index contributed by atoms with van der Waals surface area (Å²) in [6, 6.07) is 11.4. The van der Waals surface area contributed by atoms with Crippen molar-refractivity contribution in [1.29, 1.82) is 0 Å². The molecule has 0 aliphatic carbocycles. The molecule has 0 saturated carbocycles. The van der Waals surface area contributed by atoms with Gasteiger partial charge >= 0.3 is 0 Å². The van der Waals surface area contributed by atoms with E-state index in [1.54, 1.807) is 18.0 Å². The van der Waals surface area contributed by atoms with Gasteiger partial charge in [-0.25, -0.2) is 0 Å². The summed E-state index contributed by atoms with van der Waals surface area (Å²) in [5, 5.41) is 14.4. The predicted octanol–water partition coefficient (Wildman–Crippen LogP) is 1.61. The quantitative estimate of drug-likeness (QED) is 0.852. The van der Waals surface area contributed by atoms with Crippen LogP contribution in [0.2, 0.25) is 0 Å². The molecule has 17 heavy (non-hydrogen) atoms. The minimum atomic E-state index is -0.643. The maximum Gasteiger partial charge on any atom is 0.121 e. The number of aliphatic hydroxyl groups is 1. The number of nitrogens with zero attached hydrogens (tertiary/aromatic N) is 2. The van der Waals surface area contributed by atoms with E-state index >= 15 is 0 Å². The van der Waals surface area contributed by atoms with Crippen LogP contribution >= 0.6 is 0 Å². The fourth-order valence-electron chi connectivity index (χ4n) is 1.75. The summed E-state index contributed by atoms with van der Waals surface area (Å²) in [6.07, 6.45) is 1.05. The Morgan fingerprint density at radius 3 is 2.76 bits per heavy atom. The predicted molar refractivity (Wildman–Crippen MR) is 64.6 cm³/mol. The van der Waals surface area contributed by atoms with Crippen LogP contribution in [0.1, 0.15) is 17.4 Å². The number of benzene rings is 1. The Hall–Kier alpha value is -1.65. The number of ether oxygens (including phenoxy) is 1. The van der Waals surface area contributed by atoms with Crippen LogP contribution in [0, 0.1) is 0 Å². The first kappa shape index (κ1) is 11.8. The molecule has 1 aromatic heterocycles. The summed E-state index contributed by atoms with van der Waals surface area (Å²) < 4.78 is 6.78. The van der Waals surface area contributed by atoms with Gasteiger partial charge in [0.2, 0.25) is 0 Å². The molecule has 4 heteroatoms. The fraction of sp³-hybridized carbons (Fsp3) is 0.308. The molecular formula is C13H16N2O2. The summed E-state index contributed by atoms with van der Waals surface area (Å²) in [4.78, 5) is 0. The van der Waals surface area contributed by atoms with Crippen molar-refractivity contribution >= 4 is 0 Å². The Morgan fingerprint density at radius 1 is 1.29 bits per heavy atom. The smallest absolute Gasteiger partial charge is 0.121 e. The Morgan fingerprint density at radius 2 is 2.06 bits per heavy atom. The van der Waals surface area contributed by atoms with Crippen molar-refractivity contribution in [3.8, 4) is 0 Å². The Balaban J connectivity index is 2.19. The van der Waals surface area contributed by atoms with Gasteiger partial charge in [-0.05, 0) is 11.6 Å². The van der Waals surface area contributed by atoms with E-state index in [-0.39, 0.29) is 0 Å². The molecule has 0 amide bonds. The van der Waals surface area contributed by atoms with Crippen LogP contribution in [0.5, 0.6) is 0 Å². The maximum atomic E-state index is 10.3. The number of hydrogen-bond acceptors (Lipinski definition) is 3. The van der Waals surface area contributed by atoms with E-state index in [0.717, 1.165) is 11.3 Å². The monoisotopic (exact) mass is 232 g/mol. The highest BCUT2D eigenvalue weighted by Gasteiger charge is 2.14. The SMILES string of the molecule is COCCn1nccc1C(O)c1ccccc1. The molecule has 2 rings (SSSR count). The normalized spacial score (nSPS) is 12.6. The van der Waals surface area contributed by atoms with Crippen LogP contribution in [0.4, 0.5) is 0 Å². The lowest BCUT2D eigenvalue weighted by Gasteiger charge is -2.13. The van der Waals surface area contributed by atoms with E-state index in [4.69, 9.17) is 4.74 Å². The average molecular weight is 232 g/mol. The molecular weight excluding hydrogens is 216 g/mol. The van der Waals surface area contributed by atoms with Crippen LogP contribution < -0.4 is 0 Å². The highest BCUT2D eigenvalue weighted by molar-refractivity contribution is 5.25. The van der Waals surface area contributed by atoms with E-state index in [0.29, 0.717) is 13.2 Å². The summed E-state index contributed by atoms with van der Waals surface area (Å²) in [5.41, 5.74) is 1.65. The van der Waals surface area contributed by atoms with Crippen molar-refractivity contribution in [2.75, 3.05) is 13.7 Å². The molecule has 1 aromatic carbocycles. The van der Waals surface area contributed by atoms with Gasteiger partial charge in [-0.3, -0.25) is 4.68 Å². The van der Waals surface area contributed by atoms with Crippen LogP contribution in [0.25, 0.3) is 0 Å². The zero-order valence-electron chi connectivity index (χ0n) is 9.78. The number of rotatable bonds is 5. The van der Waals surface area contributed by atoms with E-state index in [2.05, 4.69) is 5.10 Å². The molecule has 0 bridgehead atoms. The Kier molecular flexibility index (Phi) is 3.90. The molecule has 4 nitrogen and oxygen atoms in total. The molecule has 0 fully saturated rings. The van der Waals surface area contributed by atoms with Gasteiger partial charge in [0.05, 0.1) is 18.8 Å². The molecule has 0 spiro atoms. The lowest BCUT2D eigenvalue weighted by Crippen LogP contribution is -2.13. The van der Waals surface area contributed by atoms with Gasteiger partial charge in [-0.1, -0.05) is 30.3 Å². The molecule has 0 aliphatic rings. The lowest BCUT2D eigenvalue weighted by atomic mass is 10.1. The van der Waals surface area contributed by atoms with Crippen LogP contribution in [-0.2, 0) is 11.3 Å². The van der Waals surface area contributed by atoms with Crippen molar-refractivity contribution in [1.82, 2.24) is 9.78 Å². The molecule has 1 atom stereocenters. The van der Waals surface area contributed by atoms with Gasteiger partial charge in [0, 0.05) is 13.3 Å². The van der Waals surface area contributed by atoms with E-state index in [1.165, 1.54) is 0 Å². The third-order valence-corrected chi connectivity index (χ3v) is 2.65. The highest BCUT2D eigenvalue weighted by Crippen LogP contribution is 2.20. The second kappa shape index (κ2) is 5.61. The maximum absolute atomic E-state index is 10.3. The molecule has 0 aliphatic heterocycles. The van der Waals surface area contributed by atoms with Crippen LogP contribution in [0.3, 0.4) is 0 Å². The first-order valence-electron chi connectivity index (χ1n) is 5.56. The zero-order chi connectivity index (χ0) is 12.1. The lowest BCUT2D eigenvalue weighted by molar-refractivity contribution is 0.171. The molecule has 1 N–H and O–H groups in total. The minimum Gasteiger partial charge on any atom is -0.383 e. The molecule has 1 heterocycles. The van der Waals surface area contributed by atoms with Crippen molar-refractivity contribution in [2.45, 2.75) is 12.6 Å². The molecule has 0 radical (unpaired) electrons. The summed E-state index contributed by atoms with van der Waals surface area (Å²) >= 11 is 0. The first-order valence-corrected chi connectivity index (χ1v) is 5.56. The van der Waals surface area contributed by atoms with E-state index in [9.17, 15) is 5.11 Å². The average Bonchev–Trinajstić information content (AvgIpc) is 2.84. The highest BCUT2D eigenvalue weighted by atomic mass is 16.5. The van der Waals surface area contributed by atoms with E-state index < -0.39 is 6.10 Å². The number of aliphatic hydroxyl groups excluding tert-OH is 1. The topological polar surface area (TPSA) is 47.3 Å². The van der Waals surface area contributed by atoms with Crippen molar-refractivity contribution < 1.29 is 9.84 Å². The standard InChI is InChI=1S/C13H16N2O2/c1-17-10-9-15-12(7-8-14-15)13(16)11-5-3-2-4-6-11/h2-8,13,16H,9-10H2,1H3. The second-order valence-corrected chi connectivity index (χ2v) is 3.79. The largest absolute Gasteiger partial charge is 0.383 e. The van der Waals surface area contributed by atoms with Crippen molar-refractivity contribution in [2.24, 2.45) is 0 Å². The van der Waals surface area contributed by atoms with Crippen molar-refractivity contribution in [3.05, 3.63) is 53.9 Å². The van der Waals surface area contributed by atoms with Gasteiger partial charge in [-0.15, -0.1) is 0 Å². The Bertz CT molecular complexity index is 453. The third kappa shape index (κ3) is 2.72. The summed E-state index contributed by atoms with van der Waals surface area (Å²) in [7, 11) is 1.65. The molecule has 0 saturated heterocycles.